The number of anilines is 2. The summed E-state index contributed by atoms with van der Waals surface area (Å²) >= 11 is 1.23. The number of thioether (sulfide) groups is 1. The highest BCUT2D eigenvalue weighted by Crippen LogP contribution is 2.27. The summed E-state index contributed by atoms with van der Waals surface area (Å²) in [6.07, 6.45) is 7.13. The maximum Gasteiger partial charge on any atom is 0.277 e. The molecule has 0 unspecified atom stereocenters. The topological polar surface area (TPSA) is 84.1 Å². The van der Waals surface area contributed by atoms with E-state index in [9.17, 15) is 4.79 Å². The van der Waals surface area contributed by atoms with Gasteiger partial charge in [-0.05, 0) is 62.6 Å². The molecule has 1 aromatic carbocycles. The van der Waals surface area contributed by atoms with Crippen molar-refractivity contribution in [3.8, 4) is 11.5 Å². The van der Waals surface area contributed by atoms with Gasteiger partial charge in [0.25, 0.3) is 5.22 Å². The normalized spacial score (nSPS) is 15.1. The van der Waals surface area contributed by atoms with Gasteiger partial charge in [0.1, 0.15) is 0 Å². The third kappa shape index (κ3) is 4.95. The Labute approximate surface area is 173 Å². The fourth-order valence-corrected chi connectivity index (χ4v) is 3.90. The van der Waals surface area contributed by atoms with Gasteiger partial charge < -0.3 is 14.6 Å². The molecule has 4 rings (SSSR count). The summed E-state index contributed by atoms with van der Waals surface area (Å²) in [5, 5.41) is 11.0. The number of piperidine rings is 1. The summed E-state index contributed by atoms with van der Waals surface area (Å²) in [4.78, 5) is 19.0. The molecule has 29 heavy (non-hydrogen) atoms. The Balaban J connectivity index is 1.33. The first-order valence-electron chi connectivity index (χ1n) is 9.75. The zero-order valence-electron chi connectivity index (χ0n) is 16.2. The molecule has 1 aliphatic rings. The lowest BCUT2D eigenvalue weighted by Gasteiger charge is -2.28. The van der Waals surface area contributed by atoms with Gasteiger partial charge in [-0.1, -0.05) is 11.8 Å². The van der Waals surface area contributed by atoms with Gasteiger partial charge in [0.15, 0.2) is 0 Å². The van der Waals surface area contributed by atoms with Gasteiger partial charge in [-0.3, -0.25) is 9.78 Å². The van der Waals surface area contributed by atoms with Crippen LogP contribution in [-0.2, 0) is 4.79 Å². The van der Waals surface area contributed by atoms with Crippen molar-refractivity contribution in [2.45, 2.75) is 36.7 Å². The van der Waals surface area contributed by atoms with Crippen LogP contribution in [0.1, 0.15) is 26.2 Å². The number of carbonyl (C=O) groups excluding carboxylic acids is 1. The third-order valence-corrected chi connectivity index (χ3v) is 5.75. The largest absolute Gasteiger partial charge is 0.411 e. The molecule has 1 aliphatic heterocycles. The van der Waals surface area contributed by atoms with E-state index in [1.54, 1.807) is 18.5 Å². The predicted molar refractivity (Wildman–Crippen MR) is 114 cm³/mol. The number of pyridine rings is 1. The summed E-state index contributed by atoms with van der Waals surface area (Å²) in [5.74, 6) is 0.281. The second kappa shape index (κ2) is 9.09. The predicted octanol–water partition coefficient (Wildman–Crippen LogP) is 4.24. The highest BCUT2D eigenvalue weighted by Gasteiger charge is 2.19. The fourth-order valence-electron chi connectivity index (χ4n) is 3.22. The fraction of sp³-hybridized carbons (Fsp3) is 0.333. The Hall–Kier alpha value is -2.87. The smallest absolute Gasteiger partial charge is 0.277 e. The molecule has 2 aromatic heterocycles. The molecule has 0 aliphatic carbocycles. The van der Waals surface area contributed by atoms with E-state index in [1.165, 1.54) is 36.7 Å². The summed E-state index contributed by atoms with van der Waals surface area (Å²) in [6.45, 7) is 4.02. The molecule has 1 amide bonds. The summed E-state index contributed by atoms with van der Waals surface area (Å²) in [6, 6.07) is 11.7. The molecule has 8 heteroatoms. The monoisotopic (exact) mass is 409 g/mol. The molecule has 3 aromatic rings. The number of benzene rings is 1. The molecule has 1 atom stereocenters. The summed E-state index contributed by atoms with van der Waals surface area (Å²) in [7, 11) is 0. The van der Waals surface area contributed by atoms with Gasteiger partial charge >= 0.3 is 0 Å². The van der Waals surface area contributed by atoms with E-state index in [-0.39, 0.29) is 11.2 Å². The lowest BCUT2D eigenvalue weighted by Crippen LogP contribution is -2.29. The van der Waals surface area contributed by atoms with Crippen molar-refractivity contribution < 1.29 is 9.21 Å². The van der Waals surface area contributed by atoms with Gasteiger partial charge in [-0.25, -0.2) is 0 Å². The van der Waals surface area contributed by atoms with Crippen LogP contribution >= 0.6 is 11.8 Å². The maximum atomic E-state index is 12.5. The molecule has 1 N–H and O–H groups in total. The van der Waals surface area contributed by atoms with Gasteiger partial charge in [-0.2, -0.15) is 0 Å². The van der Waals surface area contributed by atoms with Crippen LogP contribution in [0.2, 0.25) is 0 Å². The number of nitrogens with one attached hydrogen (secondary N) is 1. The lowest BCUT2D eigenvalue weighted by atomic mass is 10.1. The average Bonchev–Trinajstić information content (AvgIpc) is 3.24. The molecular formula is C21H23N5O2S. The van der Waals surface area contributed by atoms with Crippen LogP contribution in [0.25, 0.3) is 11.5 Å². The second-order valence-corrected chi connectivity index (χ2v) is 8.25. The van der Waals surface area contributed by atoms with Crippen LogP contribution in [-0.4, -0.2) is 39.4 Å². The number of hydrogen-bond acceptors (Lipinski definition) is 7. The van der Waals surface area contributed by atoms with Crippen molar-refractivity contribution in [1.29, 1.82) is 0 Å². The number of hydrogen-bond donors (Lipinski definition) is 1. The molecule has 0 spiro atoms. The van der Waals surface area contributed by atoms with Crippen LogP contribution in [0.15, 0.2) is 58.4 Å². The Morgan fingerprint density at radius 1 is 1.14 bits per heavy atom. The van der Waals surface area contributed by atoms with Crippen molar-refractivity contribution >= 4 is 29.0 Å². The van der Waals surface area contributed by atoms with E-state index in [1.807, 2.05) is 25.1 Å². The minimum Gasteiger partial charge on any atom is -0.411 e. The first-order valence-corrected chi connectivity index (χ1v) is 10.6. The Morgan fingerprint density at radius 2 is 1.93 bits per heavy atom. The van der Waals surface area contributed by atoms with Crippen molar-refractivity contribution in [3.05, 3.63) is 48.8 Å². The van der Waals surface area contributed by atoms with Crippen LogP contribution in [0.5, 0.6) is 0 Å². The highest BCUT2D eigenvalue weighted by atomic mass is 32.2. The van der Waals surface area contributed by atoms with Gasteiger partial charge in [0, 0.05) is 36.9 Å². The van der Waals surface area contributed by atoms with E-state index in [4.69, 9.17) is 4.42 Å². The number of amides is 1. The SMILES string of the molecule is C[C@@H](Sc1nnc(-c2cccnc2)o1)C(=O)Nc1ccc(N2CCCCC2)cc1. The molecular weight excluding hydrogens is 386 g/mol. The zero-order valence-corrected chi connectivity index (χ0v) is 17.1. The molecule has 0 bridgehead atoms. The van der Waals surface area contributed by atoms with E-state index in [0.29, 0.717) is 11.1 Å². The number of nitrogens with zero attached hydrogens (tertiary/aromatic N) is 4. The van der Waals surface area contributed by atoms with Crippen molar-refractivity contribution in [3.63, 3.8) is 0 Å². The van der Waals surface area contributed by atoms with E-state index in [0.717, 1.165) is 24.3 Å². The van der Waals surface area contributed by atoms with Gasteiger partial charge in [0.05, 0.1) is 10.8 Å². The molecule has 0 saturated carbocycles. The van der Waals surface area contributed by atoms with Crippen LogP contribution in [0.4, 0.5) is 11.4 Å². The Morgan fingerprint density at radius 3 is 2.66 bits per heavy atom. The van der Waals surface area contributed by atoms with E-state index >= 15 is 0 Å². The minimum atomic E-state index is -0.376. The Kier molecular flexibility index (Phi) is 6.09. The standard InChI is InChI=1S/C21H23N5O2S/c1-15(29-21-25-24-20(28-21)16-6-5-11-22-14-16)19(27)23-17-7-9-18(10-8-17)26-12-3-2-4-13-26/h5-11,14-15H,2-4,12-13H2,1H3,(H,23,27)/t15-/m1/s1. The van der Waals surface area contributed by atoms with Crippen molar-refractivity contribution in [1.82, 2.24) is 15.2 Å². The van der Waals surface area contributed by atoms with Crippen LogP contribution < -0.4 is 10.2 Å². The summed E-state index contributed by atoms with van der Waals surface area (Å²) < 4.78 is 5.64. The second-order valence-electron chi connectivity index (χ2n) is 6.96. The van der Waals surface area contributed by atoms with Crippen molar-refractivity contribution in [2.75, 3.05) is 23.3 Å². The lowest BCUT2D eigenvalue weighted by molar-refractivity contribution is -0.115. The first-order chi connectivity index (χ1) is 14.2. The van der Waals surface area contributed by atoms with Gasteiger partial charge in [0.2, 0.25) is 11.8 Å². The first kappa shape index (κ1) is 19.4. The maximum absolute atomic E-state index is 12.5. The molecule has 150 valence electrons. The quantitative estimate of drug-likeness (QED) is 0.610. The number of carbonyl (C=O) groups is 1. The molecule has 7 nitrogen and oxygen atoms in total. The number of rotatable bonds is 6. The van der Waals surface area contributed by atoms with E-state index in [2.05, 4.69) is 37.5 Å². The van der Waals surface area contributed by atoms with Crippen LogP contribution in [0, 0.1) is 0 Å². The summed E-state index contributed by atoms with van der Waals surface area (Å²) in [5.41, 5.74) is 2.74. The highest BCUT2D eigenvalue weighted by molar-refractivity contribution is 8.00. The average molecular weight is 410 g/mol. The van der Waals surface area contributed by atoms with E-state index < -0.39 is 0 Å². The minimum absolute atomic E-state index is 0.109. The van der Waals surface area contributed by atoms with Crippen molar-refractivity contribution in [2.24, 2.45) is 0 Å². The number of aromatic nitrogens is 3. The third-order valence-electron chi connectivity index (χ3n) is 4.82. The Bertz CT molecular complexity index is 939. The molecule has 1 saturated heterocycles. The molecule has 0 radical (unpaired) electrons. The molecule has 1 fully saturated rings. The zero-order chi connectivity index (χ0) is 20.1. The molecule has 3 heterocycles. The van der Waals surface area contributed by atoms with Gasteiger partial charge in [-0.15, -0.1) is 10.2 Å². The van der Waals surface area contributed by atoms with Crippen LogP contribution in [0.3, 0.4) is 0 Å².